The van der Waals surface area contributed by atoms with Crippen LogP contribution in [0.4, 0.5) is 24.8 Å². The molecule has 12 heteroatoms. The van der Waals surface area contributed by atoms with Gasteiger partial charge in [0.15, 0.2) is 0 Å². The molecule has 3 heterocycles. The number of ether oxygens (including phenoxy) is 1. The summed E-state index contributed by atoms with van der Waals surface area (Å²) >= 11 is 0. The lowest BCUT2D eigenvalue weighted by Gasteiger charge is -2.35. The predicted octanol–water partition coefficient (Wildman–Crippen LogP) is 2.29. The Bertz CT molecular complexity index is 1070. The van der Waals surface area contributed by atoms with Crippen LogP contribution in [0.25, 0.3) is 0 Å². The van der Waals surface area contributed by atoms with E-state index in [1.165, 1.54) is 16.4 Å². The number of aryl methyl sites for hydroxylation is 1. The molecule has 2 saturated heterocycles. The van der Waals surface area contributed by atoms with Gasteiger partial charge in [-0.2, -0.15) is 17.5 Å². The summed E-state index contributed by atoms with van der Waals surface area (Å²) in [5.74, 6) is 1.90. The van der Waals surface area contributed by atoms with Gasteiger partial charge in [0.1, 0.15) is 17.5 Å². The maximum absolute atomic E-state index is 12.8. The van der Waals surface area contributed by atoms with Crippen molar-refractivity contribution in [2.45, 2.75) is 18.9 Å². The zero-order valence-corrected chi connectivity index (χ0v) is 19.1. The van der Waals surface area contributed by atoms with Crippen molar-refractivity contribution in [2.24, 2.45) is 0 Å². The number of halogens is 3. The Kier molecular flexibility index (Phi) is 6.78. The van der Waals surface area contributed by atoms with E-state index in [9.17, 15) is 21.6 Å². The number of nitrogens with zero attached hydrogens (tertiary/aromatic N) is 5. The van der Waals surface area contributed by atoms with E-state index >= 15 is 0 Å². The molecule has 1 aromatic carbocycles. The third kappa shape index (κ3) is 5.74. The van der Waals surface area contributed by atoms with Crippen molar-refractivity contribution in [3.63, 3.8) is 0 Å². The summed E-state index contributed by atoms with van der Waals surface area (Å²) in [6, 6.07) is 6.17. The van der Waals surface area contributed by atoms with Gasteiger partial charge in [0.25, 0.3) is 0 Å². The smallest absolute Gasteiger partial charge is 0.378 e. The fourth-order valence-corrected chi connectivity index (χ4v) is 5.46. The van der Waals surface area contributed by atoms with E-state index < -0.39 is 21.8 Å². The van der Waals surface area contributed by atoms with Gasteiger partial charge in [-0.15, -0.1) is 0 Å². The Hall–Kier alpha value is -2.44. The Morgan fingerprint density at radius 2 is 1.45 bits per heavy atom. The van der Waals surface area contributed by atoms with Crippen molar-refractivity contribution in [1.82, 2.24) is 14.3 Å². The van der Waals surface area contributed by atoms with Crippen LogP contribution in [0.5, 0.6) is 0 Å². The maximum Gasteiger partial charge on any atom is 0.416 e. The lowest BCUT2D eigenvalue weighted by Crippen LogP contribution is -2.49. The van der Waals surface area contributed by atoms with Crippen LogP contribution in [0.2, 0.25) is 0 Å². The third-order valence-electron chi connectivity index (χ3n) is 5.73. The highest BCUT2D eigenvalue weighted by atomic mass is 32.2. The van der Waals surface area contributed by atoms with Gasteiger partial charge in [-0.1, -0.05) is 12.1 Å². The third-order valence-corrected chi connectivity index (χ3v) is 7.58. The molecule has 2 aliphatic heterocycles. The van der Waals surface area contributed by atoms with Crippen LogP contribution < -0.4 is 9.80 Å². The molecular weight excluding hydrogens is 459 g/mol. The van der Waals surface area contributed by atoms with Gasteiger partial charge in [0, 0.05) is 45.3 Å². The van der Waals surface area contributed by atoms with Crippen LogP contribution in [0.3, 0.4) is 0 Å². The van der Waals surface area contributed by atoms with Crippen molar-refractivity contribution in [1.29, 1.82) is 0 Å². The van der Waals surface area contributed by atoms with Gasteiger partial charge in [-0.3, -0.25) is 0 Å². The van der Waals surface area contributed by atoms with Crippen LogP contribution in [0, 0.1) is 6.92 Å². The molecule has 0 radical (unpaired) electrons. The molecule has 180 valence electrons. The Morgan fingerprint density at radius 3 is 2.00 bits per heavy atom. The zero-order valence-electron chi connectivity index (χ0n) is 18.3. The summed E-state index contributed by atoms with van der Waals surface area (Å²) in [5, 5.41) is 0. The number of morpholine rings is 1. The Balaban J connectivity index is 1.39. The fraction of sp³-hybridized carbons (Fsp3) is 0.524. The molecule has 1 aromatic heterocycles. The topological polar surface area (TPSA) is 78.9 Å². The van der Waals surface area contributed by atoms with Crippen molar-refractivity contribution in [3.8, 4) is 0 Å². The minimum Gasteiger partial charge on any atom is -0.378 e. The monoisotopic (exact) mass is 485 g/mol. The number of piperazine rings is 1. The van der Waals surface area contributed by atoms with Crippen LogP contribution in [-0.4, -0.2) is 75.2 Å². The molecule has 0 spiro atoms. The summed E-state index contributed by atoms with van der Waals surface area (Å²) in [4.78, 5) is 13.2. The average Bonchev–Trinajstić information content (AvgIpc) is 2.79. The summed E-state index contributed by atoms with van der Waals surface area (Å²) < 4.78 is 70.7. The molecule has 2 fully saturated rings. The SMILES string of the molecule is Cc1nc(N2CCOCC2)cc(N2CCN(S(=O)(=O)Cc3ccc(C(F)(F)F)cc3)CC2)n1. The Morgan fingerprint density at radius 1 is 0.909 bits per heavy atom. The summed E-state index contributed by atoms with van der Waals surface area (Å²) in [7, 11) is -3.65. The number of rotatable bonds is 5. The van der Waals surface area contributed by atoms with Gasteiger partial charge < -0.3 is 14.5 Å². The summed E-state index contributed by atoms with van der Waals surface area (Å²) in [6.07, 6.45) is -4.45. The van der Waals surface area contributed by atoms with E-state index in [-0.39, 0.29) is 18.8 Å². The second-order valence-electron chi connectivity index (χ2n) is 8.07. The number of benzene rings is 1. The number of aromatic nitrogens is 2. The molecule has 2 aromatic rings. The van der Waals surface area contributed by atoms with Gasteiger partial charge in [-0.25, -0.2) is 18.4 Å². The van der Waals surface area contributed by atoms with Crippen LogP contribution in [0.15, 0.2) is 30.3 Å². The molecular formula is C21H26F3N5O3S. The molecule has 0 bridgehead atoms. The van der Waals surface area contributed by atoms with Crippen LogP contribution in [0.1, 0.15) is 17.0 Å². The predicted molar refractivity (Wildman–Crippen MR) is 118 cm³/mol. The minimum absolute atomic E-state index is 0.277. The first-order valence-corrected chi connectivity index (χ1v) is 12.3. The number of sulfonamides is 1. The maximum atomic E-state index is 12.8. The highest BCUT2D eigenvalue weighted by Gasteiger charge is 2.31. The highest BCUT2D eigenvalue weighted by molar-refractivity contribution is 7.88. The molecule has 0 amide bonds. The normalized spacial score (nSPS) is 18.5. The van der Waals surface area contributed by atoms with Gasteiger partial charge >= 0.3 is 6.18 Å². The molecule has 0 unspecified atom stereocenters. The zero-order chi connectivity index (χ0) is 23.6. The van der Waals surface area contributed by atoms with Crippen molar-refractivity contribution < 1.29 is 26.3 Å². The lowest BCUT2D eigenvalue weighted by atomic mass is 10.1. The fourth-order valence-electron chi connectivity index (χ4n) is 3.94. The largest absolute Gasteiger partial charge is 0.416 e. The molecule has 0 saturated carbocycles. The molecule has 0 atom stereocenters. The van der Waals surface area contributed by atoms with Gasteiger partial charge in [-0.05, 0) is 24.6 Å². The quantitative estimate of drug-likeness (QED) is 0.643. The molecule has 33 heavy (non-hydrogen) atoms. The molecule has 0 aliphatic carbocycles. The lowest BCUT2D eigenvalue weighted by molar-refractivity contribution is -0.137. The molecule has 0 N–H and O–H groups in total. The minimum atomic E-state index is -4.45. The van der Waals surface area contributed by atoms with E-state index in [2.05, 4.69) is 14.9 Å². The molecule has 2 aliphatic rings. The first-order valence-electron chi connectivity index (χ1n) is 10.7. The van der Waals surface area contributed by atoms with E-state index in [4.69, 9.17) is 4.74 Å². The highest BCUT2D eigenvalue weighted by Crippen LogP contribution is 2.29. The van der Waals surface area contributed by atoms with Gasteiger partial charge in [0.05, 0.1) is 24.5 Å². The second-order valence-corrected chi connectivity index (χ2v) is 10.0. The standard InChI is InChI=1S/C21H26F3N5O3S/c1-16-25-19(14-20(26-16)28-10-12-32-13-11-28)27-6-8-29(9-7-27)33(30,31)15-17-2-4-18(5-3-17)21(22,23)24/h2-5,14H,6-13,15H2,1H3. The van der Waals surface area contributed by atoms with E-state index in [0.29, 0.717) is 37.7 Å². The van der Waals surface area contributed by atoms with Crippen molar-refractivity contribution in [2.75, 3.05) is 62.3 Å². The first-order chi connectivity index (χ1) is 15.6. The number of anilines is 2. The number of hydrogen-bond acceptors (Lipinski definition) is 7. The van der Waals surface area contributed by atoms with E-state index in [0.717, 1.165) is 36.9 Å². The number of alkyl halides is 3. The second kappa shape index (κ2) is 9.43. The van der Waals surface area contributed by atoms with Crippen LogP contribution in [-0.2, 0) is 26.7 Å². The summed E-state index contributed by atoms with van der Waals surface area (Å²) in [5.41, 5.74) is -0.471. The van der Waals surface area contributed by atoms with Gasteiger partial charge in [0.2, 0.25) is 10.0 Å². The van der Waals surface area contributed by atoms with E-state index in [1.54, 1.807) is 0 Å². The van der Waals surface area contributed by atoms with Crippen molar-refractivity contribution in [3.05, 3.63) is 47.3 Å². The first kappa shape index (κ1) is 23.7. The van der Waals surface area contributed by atoms with Crippen LogP contribution >= 0.6 is 0 Å². The average molecular weight is 486 g/mol. The number of hydrogen-bond donors (Lipinski definition) is 0. The summed E-state index contributed by atoms with van der Waals surface area (Å²) in [6.45, 7) is 6.12. The molecule has 8 nitrogen and oxygen atoms in total. The van der Waals surface area contributed by atoms with Crippen molar-refractivity contribution >= 4 is 21.7 Å². The molecule has 4 rings (SSSR count). The Labute approximate surface area is 191 Å². The van der Waals surface area contributed by atoms with E-state index in [1.807, 2.05) is 17.9 Å².